The van der Waals surface area contributed by atoms with Crippen molar-refractivity contribution < 1.29 is 4.74 Å². The SMILES string of the molecule is c1ccc(-c2nc(N3CCOCC3)c3cccn3n2)cc1. The lowest BCUT2D eigenvalue weighted by atomic mass is 10.2. The molecule has 1 aliphatic rings. The first kappa shape index (κ1) is 12.3. The van der Waals surface area contributed by atoms with Crippen LogP contribution in [0.25, 0.3) is 16.9 Å². The molecular formula is C16H16N4O. The molecule has 2 aromatic heterocycles. The smallest absolute Gasteiger partial charge is 0.182 e. The lowest BCUT2D eigenvalue weighted by Gasteiger charge is -2.28. The molecule has 0 spiro atoms. The number of fused-ring (bicyclic) bond motifs is 1. The molecule has 0 saturated carbocycles. The number of nitrogens with zero attached hydrogens (tertiary/aromatic N) is 4. The largest absolute Gasteiger partial charge is 0.378 e. The maximum absolute atomic E-state index is 5.44. The van der Waals surface area contributed by atoms with E-state index in [0.717, 1.165) is 49.0 Å². The summed E-state index contributed by atoms with van der Waals surface area (Å²) in [5, 5.41) is 4.61. The molecule has 1 aromatic carbocycles. The minimum Gasteiger partial charge on any atom is -0.378 e. The topological polar surface area (TPSA) is 42.7 Å². The van der Waals surface area contributed by atoms with E-state index >= 15 is 0 Å². The van der Waals surface area contributed by atoms with Crippen molar-refractivity contribution in [2.45, 2.75) is 0 Å². The highest BCUT2D eigenvalue weighted by Crippen LogP contribution is 2.24. The number of rotatable bonds is 2. The molecule has 4 rings (SSSR count). The summed E-state index contributed by atoms with van der Waals surface area (Å²) in [6, 6.07) is 14.1. The van der Waals surface area contributed by atoms with Gasteiger partial charge in [0.2, 0.25) is 0 Å². The van der Waals surface area contributed by atoms with Crippen LogP contribution >= 0.6 is 0 Å². The second-order valence-corrected chi connectivity index (χ2v) is 5.06. The van der Waals surface area contributed by atoms with Crippen LogP contribution in [-0.2, 0) is 4.74 Å². The molecule has 0 aliphatic carbocycles. The zero-order valence-electron chi connectivity index (χ0n) is 11.6. The molecule has 0 amide bonds. The fourth-order valence-corrected chi connectivity index (χ4v) is 2.64. The van der Waals surface area contributed by atoms with Gasteiger partial charge in [-0.25, -0.2) is 9.50 Å². The van der Waals surface area contributed by atoms with E-state index in [1.165, 1.54) is 0 Å². The number of morpholine rings is 1. The van der Waals surface area contributed by atoms with E-state index in [-0.39, 0.29) is 0 Å². The Morgan fingerprint density at radius 3 is 2.57 bits per heavy atom. The highest BCUT2D eigenvalue weighted by molar-refractivity contribution is 5.71. The normalized spacial score (nSPS) is 15.5. The quantitative estimate of drug-likeness (QED) is 0.722. The van der Waals surface area contributed by atoms with Gasteiger partial charge in [0.1, 0.15) is 5.52 Å². The van der Waals surface area contributed by atoms with Crippen molar-refractivity contribution in [2.24, 2.45) is 0 Å². The Morgan fingerprint density at radius 2 is 1.76 bits per heavy atom. The van der Waals surface area contributed by atoms with E-state index in [4.69, 9.17) is 9.72 Å². The maximum atomic E-state index is 5.44. The van der Waals surface area contributed by atoms with Crippen LogP contribution in [0.1, 0.15) is 0 Å². The molecule has 21 heavy (non-hydrogen) atoms. The molecule has 0 unspecified atom stereocenters. The number of anilines is 1. The first-order valence-electron chi connectivity index (χ1n) is 7.15. The standard InChI is InChI=1S/C16H16N4O/c1-2-5-13(6-3-1)15-17-16(19-9-11-21-12-10-19)14-7-4-8-20(14)18-15/h1-8H,9-12H2. The van der Waals surface area contributed by atoms with Crippen LogP contribution in [-0.4, -0.2) is 40.9 Å². The zero-order valence-corrected chi connectivity index (χ0v) is 11.6. The van der Waals surface area contributed by atoms with Gasteiger partial charge in [-0.3, -0.25) is 0 Å². The molecule has 5 nitrogen and oxygen atoms in total. The first-order valence-corrected chi connectivity index (χ1v) is 7.15. The summed E-state index contributed by atoms with van der Waals surface area (Å²) >= 11 is 0. The van der Waals surface area contributed by atoms with Gasteiger partial charge >= 0.3 is 0 Å². The average molecular weight is 280 g/mol. The van der Waals surface area contributed by atoms with Gasteiger partial charge < -0.3 is 9.64 Å². The lowest BCUT2D eigenvalue weighted by molar-refractivity contribution is 0.122. The zero-order chi connectivity index (χ0) is 14.1. The molecule has 0 radical (unpaired) electrons. The van der Waals surface area contributed by atoms with E-state index < -0.39 is 0 Å². The van der Waals surface area contributed by atoms with Gasteiger partial charge in [0.15, 0.2) is 11.6 Å². The Morgan fingerprint density at radius 1 is 0.952 bits per heavy atom. The number of hydrogen-bond acceptors (Lipinski definition) is 4. The van der Waals surface area contributed by atoms with E-state index in [1.54, 1.807) is 0 Å². The summed E-state index contributed by atoms with van der Waals surface area (Å²) in [7, 11) is 0. The second kappa shape index (κ2) is 5.18. The van der Waals surface area contributed by atoms with Crippen LogP contribution in [0, 0.1) is 0 Å². The Balaban J connectivity index is 1.86. The maximum Gasteiger partial charge on any atom is 0.182 e. The molecule has 3 aromatic rings. The number of hydrogen-bond donors (Lipinski definition) is 0. The van der Waals surface area contributed by atoms with Gasteiger partial charge in [-0.05, 0) is 12.1 Å². The van der Waals surface area contributed by atoms with E-state index in [0.29, 0.717) is 0 Å². The third-order valence-corrected chi connectivity index (χ3v) is 3.71. The minimum atomic E-state index is 0.748. The molecule has 106 valence electrons. The minimum absolute atomic E-state index is 0.748. The second-order valence-electron chi connectivity index (χ2n) is 5.06. The fraction of sp³-hybridized carbons (Fsp3) is 0.250. The molecule has 0 bridgehead atoms. The predicted octanol–water partition coefficient (Wildman–Crippen LogP) is 2.23. The summed E-state index contributed by atoms with van der Waals surface area (Å²) in [6.45, 7) is 3.23. The van der Waals surface area contributed by atoms with Crippen molar-refractivity contribution in [1.29, 1.82) is 0 Å². The number of ether oxygens (including phenoxy) is 1. The van der Waals surface area contributed by atoms with Crippen LogP contribution in [0.2, 0.25) is 0 Å². The Kier molecular flexibility index (Phi) is 3.05. The summed E-state index contributed by atoms with van der Waals surface area (Å²) in [4.78, 5) is 7.08. The summed E-state index contributed by atoms with van der Waals surface area (Å²) < 4.78 is 7.34. The van der Waals surface area contributed by atoms with Crippen molar-refractivity contribution in [1.82, 2.24) is 14.6 Å². The number of aromatic nitrogens is 3. The van der Waals surface area contributed by atoms with Crippen molar-refractivity contribution in [2.75, 3.05) is 31.2 Å². The van der Waals surface area contributed by atoms with Gasteiger partial charge in [-0.2, -0.15) is 0 Å². The molecule has 0 N–H and O–H groups in total. The molecule has 1 fully saturated rings. The van der Waals surface area contributed by atoms with E-state index in [9.17, 15) is 0 Å². The van der Waals surface area contributed by atoms with E-state index in [2.05, 4.69) is 16.1 Å². The summed E-state index contributed by atoms with van der Waals surface area (Å²) in [5.41, 5.74) is 2.07. The first-order chi connectivity index (χ1) is 10.4. The monoisotopic (exact) mass is 280 g/mol. The van der Waals surface area contributed by atoms with Crippen LogP contribution in [0.3, 0.4) is 0 Å². The third-order valence-electron chi connectivity index (χ3n) is 3.71. The Hall–Kier alpha value is -2.40. The molecule has 5 heteroatoms. The highest BCUT2D eigenvalue weighted by atomic mass is 16.5. The summed E-state index contributed by atoms with van der Waals surface area (Å²) in [6.07, 6.45) is 1.97. The highest BCUT2D eigenvalue weighted by Gasteiger charge is 2.17. The number of benzene rings is 1. The molecular weight excluding hydrogens is 264 g/mol. The van der Waals surface area contributed by atoms with Crippen molar-refractivity contribution >= 4 is 11.3 Å². The Bertz CT molecular complexity index is 747. The molecule has 3 heterocycles. The van der Waals surface area contributed by atoms with Crippen LogP contribution in [0.5, 0.6) is 0 Å². The summed E-state index contributed by atoms with van der Waals surface area (Å²) in [5.74, 6) is 1.73. The van der Waals surface area contributed by atoms with Crippen LogP contribution < -0.4 is 4.90 Å². The van der Waals surface area contributed by atoms with Crippen molar-refractivity contribution in [3.8, 4) is 11.4 Å². The third kappa shape index (κ3) is 2.25. The van der Waals surface area contributed by atoms with E-state index in [1.807, 2.05) is 47.1 Å². The Labute approximate surface area is 122 Å². The van der Waals surface area contributed by atoms with Gasteiger partial charge in [0, 0.05) is 24.8 Å². The van der Waals surface area contributed by atoms with Crippen LogP contribution in [0.4, 0.5) is 5.82 Å². The molecule has 1 saturated heterocycles. The van der Waals surface area contributed by atoms with Crippen molar-refractivity contribution in [3.05, 3.63) is 48.7 Å². The van der Waals surface area contributed by atoms with Crippen LogP contribution in [0.15, 0.2) is 48.7 Å². The van der Waals surface area contributed by atoms with Gasteiger partial charge in [0.05, 0.1) is 13.2 Å². The average Bonchev–Trinajstić information content (AvgIpc) is 3.04. The lowest BCUT2D eigenvalue weighted by Crippen LogP contribution is -2.37. The predicted molar refractivity (Wildman–Crippen MR) is 81.5 cm³/mol. The molecule has 1 aliphatic heterocycles. The van der Waals surface area contributed by atoms with Gasteiger partial charge in [-0.1, -0.05) is 30.3 Å². The van der Waals surface area contributed by atoms with Gasteiger partial charge in [0.25, 0.3) is 0 Å². The van der Waals surface area contributed by atoms with Crippen molar-refractivity contribution in [3.63, 3.8) is 0 Å². The van der Waals surface area contributed by atoms with Gasteiger partial charge in [-0.15, -0.1) is 5.10 Å². The molecule has 0 atom stereocenters. The fourth-order valence-electron chi connectivity index (χ4n) is 2.64.